The van der Waals surface area contributed by atoms with Crippen LogP contribution in [0, 0.1) is 12.8 Å². The fraction of sp³-hybridized carbons (Fsp3) is 0.812. The van der Waals surface area contributed by atoms with Gasteiger partial charge in [-0.15, -0.1) is 0 Å². The van der Waals surface area contributed by atoms with Crippen molar-refractivity contribution in [3.05, 3.63) is 11.7 Å². The smallest absolute Gasteiger partial charge is 0.237 e. The molecule has 0 aliphatic carbocycles. The van der Waals surface area contributed by atoms with Gasteiger partial charge in [0.15, 0.2) is 5.82 Å². The van der Waals surface area contributed by atoms with Crippen molar-refractivity contribution in [1.82, 2.24) is 15.0 Å². The van der Waals surface area contributed by atoms with Crippen LogP contribution in [0.5, 0.6) is 0 Å². The quantitative estimate of drug-likeness (QED) is 0.852. The Morgan fingerprint density at radius 3 is 3.00 bits per heavy atom. The van der Waals surface area contributed by atoms with Gasteiger partial charge in [0.1, 0.15) is 0 Å². The summed E-state index contributed by atoms with van der Waals surface area (Å²) in [4.78, 5) is 18.9. The highest BCUT2D eigenvalue weighted by Gasteiger charge is 2.53. The maximum atomic E-state index is 12.5. The Balaban J connectivity index is 1.77. The Morgan fingerprint density at radius 2 is 2.32 bits per heavy atom. The molecule has 0 N–H and O–H groups in total. The van der Waals surface area contributed by atoms with E-state index in [1.54, 1.807) is 0 Å². The number of rotatable bonds is 4. The van der Waals surface area contributed by atoms with Gasteiger partial charge < -0.3 is 14.2 Å². The van der Waals surface area contributed by atoms with Crippen LogP contribution in [0.1, 0.15) is 51.2 Å². The zero-order chi connectivity index (χ0) is 15.7. The second kappa shape index (κ2) is 5.99. The first-order valence-electron chi connectivity index (χ1n) is 8.21. The van der Waals surface area contributed by atoms with E-state index in [-0.39, 0.29) is 17.4 Å². The van der Waals surface area contributed by atoms with Gasteiger partial charge in [-0.1, -0.05) is 19.0 Å². The second-order valence-corrected chi connectivity index (χ2v) is 6.95. The van der Waals surface area contributed by atoms with Crippen LogP contribution in [-0.2, 0) is 14.9 Å². The molecule has 1 amide bonds. The maximum Gasteiger partial charge on any atom is 0.237 e. The second-order valence-electron chi connectivity index (χ2n) is 6.95. The Morgan fingerprint density at radius 1 is 1.50 bits per heavy atom. The average Bonchev–Trinajstić information content (AvgIpc) is 3.10. The van der Waals surface area contributed by atoms with Gasteiger partial charge in [0.2, 0.25) is 11.8 Å². The summed E-state index contributed by atoms with van der Waals surface area (Å²) in [5.41, 5.74) is -0.312. The van der Waals surface area contributed by atoms with Gasteiger partial charge in [-0.05, 0) is 32.1 Å². The molecule has 1 aromatic heterocycles. The third-order valence-corrected chi connectivity index (χ3v) is 4.86. The predicted octanol–water partition coefficient (Wildman–Crippen LogP) is 2.07. The maximum absolute atomic E-state index is 12.5. The highest BCUT2D eigenvalue weighted by Crippen LogP contribution is 2.42. The lowest BCUT2D eigenvalue weighted by Crippen LogP contribution is -2.54. The third kappa shape index (κ3) is 2.76. The minimum absolute atomic E-state index is 0.0847. The van der Waals surface area contributed by atoms with Crippen LogP contribution < -0.4 is 0 Å². The molecule has 3 heterocycles. The monoisotopic (exact) mass is 307 g/mol. The summed E-state index contributed by atoms with van der Waals surface area (Å²) in [6.07, 6.45) is 3.31. The predicted molar refractivity (Wildman–Crippen MR) is 80.3 cm³/mol. The number of aryl methyl sites for hydroxylation is 1. The summed E-state index contributed by atoms with van der Waals surface area (Å²) >= 11 is 0. The lowest BCUT2D eigenvalue weighted by molar-refractivity contribution is -0.135. The molecule has 6 heteroatoms. The number of ether oxygens (including phenoxy) is 1. The van der Waals surface area contributed by atoms with Gasteiger partial charge in [0, 0.05) is 26.1 Å². The number of fused-ring (bicyclic) bond motifs is 1. The summed E-state index contributed by atoms with van der Waals surface area (Å²) in [5, 5.41) is 3.93. The highest BCUT2D eigenvalue weighted by molar-refractivity contribution is 5.76. The summed E-state index contributed by atoms with van der Waals surface area (Å²) in [5.74, 6) is 2.05. The normalized spacial score (nSPS) is 28.2. The van der Waals surface area contributed by atoms with Crippen molar-refractivity contribution >= 4 is 5.91 Å². The van der Waals surface area contributed by atoms with E-state index < -0.39 is 0 Å². The molecule has 0 unspecified atom stereocenters. The number of aromatic nitrogens is 2. The molecule has 2 atom stereocenters. The molecule has 0 saturated carbocycles. The van der Waals surface area contributed by atoms with E-state index in [4.69, 9.17) is 9.26 Å². The number of carbonyl (C=O) groups excluding carboxylic acids is 1. The fourth-order valence-electron chi connectivity index (χ4n) is 3.53. The van der Waals surface area contributed by atoms with Crippen molar-refractivity contribution < 1.29 is 14.1 Å². The molecule has 2 aliphatic rings. The van der Waals surface area contributed by atoms with Crippen molar-refractivity contribution in [2.24, 2.45) is 5.92 Å². The highest BCUT2D eigenvalue weighted by atomic mass is 16.5. The molecule has 0 radical (unpaired) electrons. The van der Waals surface area contributed by atoms with Gasteiger partial charge in [-0.2, -0.15) is 4.98 Å². The van der Waals surface area contributed by atoms with E-state index in [2.05, 4.69) is 24.0 Å². The van der Waals surface area contributed by atoms with Crippen LogP contribution in [0.25, 0.3) is 0 Å². The van der Waals surface area contributed by atoms with Crippen LogP contribution in [-0.4, -0.2) is 46.7 Å². The van der Waals surface area contributed by atoms with Crippen molar-refractivity contribution in [3.63, 3.8) is 0 Å². The average molecular weight is 307 g/mol. The molecule has 0 spiro atoms. The Hall–Kier alpha value is -1.43. The number of hydrogen-bond acceptors (Lipinski definition) is 5. The first-order valence-corrected chi connectivity index (χ1v) is 8.21. The molecular formula is C16H25N3O3. The molecule has 0 bridgehead atoms. The topological polar surface area (TPSA) is 68.5 Å². The summed E-state index contributed by atoms with van der Waals surface area (Å²) in [6, 6.07) is 0. The van der Waals surface area contributed by atoms with Gasteiger partial charge >= 0.3 is 0 Å². The Kier molecular flexibility index (Phi) is 4.21. The fourth-order valence-corrected chi connectivity index (χ4v) is 3.53. The number of carbonyl (C=O) groups is 1. The van der Waals surface area contributed by atoms with Gasteiger partial charge in [-0.3, -0.25) is 4.79 Å². The number of nitrogens with zero attached hydrogens (tertiary/aromatic N) is 3. The van der Waals surface area contributed by atoms with Crippen LogP contribution >= 0.6 is 0 Å². The van der Waals surface area contributed by atoms with Crippen molar-refractivity contribution in [3.8, 4) is 0 Å². The number of likely N-dealkylation sites (tertiary alicyclic amines) is 1. The molecule has 1 aromatic rings. The Bertz CT molecular complexity index is 542. The van der Waals surface area contributed by atoms with E-state index in [1.165, 1.54) is 0 Å². The zero-order valence-corrected chi connectivity index (χ0v) is 13.7. The first kappa shape index (κ1) is 15.5. The molecule has 2 saturated heterocycles. The minimum Gasteiger partial charge on any atom is -0.377 e. The zero-order valence-electron chi connectivity index (χ0n) is 13.7. The van der Waals surface area contributed by atoms with E-state index in [0.29, 0.717) is 37.2 Å². The molecule has 22 heavy (non-hydrogen) atoms. The SMILES string of the molecule is Cc1noc([C@]23CCO[C@H]2CCN(C(=O)CCC(C)C)C3)n1. The lowest BCUT2D eigenvalue weighted by Gasteiger charge is -2.41. The van der Waals surface area contributed by atoms with Crippen LogP contribution in [0.3, 0.4) is 0 Å². The lowest BCUT2D eigenvalue weighted by atomic mass is 9.76. The van der Waals surface area contributed by atoms with E-state index in [9.17, 15) is 4.79 Å². The molecule has 2 fully saturated rings. The van der Waals surface area contributed by atoms with Gasteiger partial charge in [0.25, 0.3) is 0 Å². The number of amides is 1. The molecule has 0 aromatic carbocycles. The van der Waals surface area contributed by atoms with Crippen molar-refractivity contribution in [2.75, 3.05) is 19.7 Å². The van der Waals surface area contributed by atoms with Gasteiger partial charge in [-0.25, -0.2) is 0 Å². The summed E-state index contributed by atoms with van der Waals surface area (Å²) in [6.45, 7) is 8.20. The summed E-state index contributed by atoms with van der Waals surface area (Å²) in [7, 11) is 0. The van der Waals surface area contributed by atoms with Crippen molar-refractivity contribution in [1.29, 1.82) is 0 Å². The Labute approximate surface area is 131 Å². The minimum atomic E-state index is -0.312. The molecule has 3 rings (SSSR count). The van der Waals surface area contributed by atoms with Gasteiger partial charge in [0.05, 0.1) is 11.5 Å². The van der Waals surface area contributed by atoms with E-state index in [0.717, 1.165) is 25.8 Å². The standard InChI is InChI=1S/C16H25N3O3/c1-11(2)4-5-14(20)19-8-6-13-16(10-19,7-9-21-13)15-17-12(3)18-22-15/h11,13H,4-10H2,1-3H3/t13-,16-/m0/s1. The third-order valence-electron chi connectivity index (χ3n) is 4.86. The van der Waals surface area contributed by atoms with Crippen LogP contribution in [0.2, 0.25) is 0 Å². The number of piperidine rings is 1. The molecule has 122 valence electrons. The van der Waals surface area contributed by atoms with E-state index in [1.807, 2.05) is 11.8 Å². The van der Waals surface area contributed by atoms with Crippen LogP contribution in [0.4, 0.5) is 0 Å². The first-order chi connectivity index (χ1) is 10.5. The summed E-state index contributed by atoms with van der Waals surface area (Å²) < 4.78 is 11.3. The number of hydrogen-bond donors (Lipinski definition) is 0. The van der Waals surface area contributed by atoms with Crippen LogP contribution in [0.15, 0.2) is 4.52 Å². The van der Waals surface area contributed by atoms with E-state index >= 15 is 0 Å². The van der Waals surface area contributed by atoms with Crippen molar-refractivity contribution in [2.45, 2.75) is 58.0 Å². The molecule has 2 aliphatic heterocycles. The molecule has 6 nitrogen and oxygen atoms in total. The molecular weight excluding hydrogens is 282 g/mol. The largest absolute Gasteiger partial charge is 0.377 e.